The van der Waals surface area contributed by atoms with Crippen LogP contribution in [0.5, 0.6) is 0 Å². The molecule has 3 aliphatic rings. The first kappa shape index (κ1) is 19.1. The van der Waals surface area contributed by atoms with E-state index in [9.17, 15) is 9.59 Å². The molecule has 7 nitrogen and oxygen atoms in total. The van der Waals surface area contributed by atoms with Crippen molar-refractivity contribution >= 4 is 29.1 Å². The average Bonchev–Trinajstić information content (AvgIpc) is 3.40. The van der Waals surface area contributed by atoms with Crippen molar-refractivity contribution < 1.29 is 9.59 Å². The molecule has 150 valence electrons. The van der Waals surface area contributed by atoms with Gasteiger partial charge in [-0.2, -0.15) is 0 Å². The van der Waals surface area contributed by atoms with Crippen LogP contribution in [0, 0.1) is 37.5 Å². The summed E-state index contributed by atoms with van der Waals surface area (Å²) in [6, 6.07) is 0. The molecule has 2 amide bonds. The standard InChI is InChI=1S/C20H27N5O2S/c1-4-21-20(23-10-15-11(2)24-12(3)28-15)22-7-8-25-18(26)16-13-5-6-14(9-13)17(16)19(25)27/h5-6,13-14,16-17H,4,7-10H2,1-3H3,(H2,21,22,23). The van der Waals surface area contributed by atoms with Crippen LogP contribution in [0.25, 0.3) is 0 Å². The minimum atomic E-state index is -0.123. The number of nitrogens with one attached hydrogen (secondary N) is 2. The summed E-state index contributed by atoms with van der Waals surface area (Å²) >= 11 is 1.66. The number of carbonyl (C=O) groups is 2. The highest BCUT2D eigenvalue weighted by Gasteiger charge is 2.58. The molecule has 4 atom stereocenters. The quantitative estimate of drug-likeness (QED) is 0.327. The van der Waals surface area contributed by atoms with Gasteiger partial charge in [-0.15, -0.1) is 11.3 Å². The zero-order valence-corrected chi connectivity index (χ0v) is 17.4. The second-order valence-corrected chi connectivity index (χ2v) is 8.98. The zero-order chi connectivity index (χ0) is 19.8. The number of guanidine groups is 1. The van der Waals surface area contributed by atoms with Crippen molar-refractivity contribution in [2.45, 2.75) is 33.7 Å². The molecule has 1 saturated carbocycles. The lowest BCUT2D eigenvalue weighted by Crippen LogP contribution is -2.43. The maximum absolute atomic E-state index is 12.7. The smallest absolute Gasteiger partial charge is 0.233 e. The van der Waals surface area contributed by atoms with Gasteiger partial charge < -0.3 is 10.6 Å². The predicted octanol–water partition coefficient (Wildman–Crippen LogP) is 1.62. The topological polar surface area (TPSA) is 86.7 Å². The maximum atomic E-state index is 12.7. The molecule has 0 aromatic carbocycles. The number of fused-ring (bicyclic) bond motifs is 5. The second kappa shape index (κ2) is 7.66. The van der Waals surface area contributed by atoms with E-state index in [0.717, 1.165) is 28.5 Å². The lowest BCUT2D eigenvalue weighted by molar-refractivity contribution is -0.140. The van der Waals surface area contributed by atoms with E-state index in [1.807, 2.05) is 20.8 Å². The number of rotatable bonds is 6. The van der Waals surface area contributed by atoms with Gasteiger partial charge in [-0.25, -0.2) is 9.98 Å². The molecular weight excluding hydrogens is 374 g/mol. The van der Waals surface area contributed by atoms with E-state index in [0.29, 0.717) is 25.6 Å². The highest BCUT2D eigenvalue weighted by molar-refractivity contribution is 7.11. The molecule has 1 aromatic rings. The highest BCUT2D eigenvalue weighted by Crippen LogP contribution is 2.52. The van der Waals surface area contributed by atoms with Gasteiger partial charge in [0.25, 0.3) is 0 Å². The fourth-order valence-corrected chi connectivity index (χ4v) is 5.54. The molecule has 8 heteroatoms. The van der Waals surface area contributed by atoms with Gasteiger partial charge in [-0.1, -0.05) is 12.2 Å². The van der Waals surface area contributed by atoms with E-state index < -0.39 is 0 Å². The molecule has 4 unspecified atom stereocenters. The first-order valence-corrected chi connectivity index (χ1v) is 10.8. The van der Waals surface area contributed by atoms with Gasteiger partial charge in [0, 0.05) is 24.5 Å². The molecule has 0 spiro atoms. The molecule has 0 radical (unpaired) electrons. The minimum Gasteiger partial charge on any atom is -0.357 e. The SMILES string of the molecule is CCNC(=NCc1sc(C)nc1C)NCCN1C(=O)C2C3C=CC(C3)C2C1=O. The van der Waals surface area contributed by atoms with Crippen molar-refractivity contribution in [3.05, 3.63) is 27.7 Å². The lowest BCUT2D eigenvalue weighted by Gasteiger charge is -2.18. The normalized spacial score (nSPS) is 28.4. The monoisotopic (exact) mass is 401 g/mol. The van der Waals surface area contributed by atoms with Gasteiger partial charge in [0.1, 0.15) is 0 Å². The lowest BCUT2D eigenvalue weighted by atomic mass is 9.85. The van der Waals surface area contributed by atoms with Crippen LogP contribution >= 0.6 is 11.3 Å². The molecule has 28 heavy (non-hydrogen) atoms. The minimum absolute atomic E-state index is 0.00588. The van der Waals surface area contributed by atoms with E-state index in [2.05, 4.69) is 32.8 Å². The number of allylic oxidation sites excluding steroid dienone is 2. The first-order valence-electron chi connectivity index (χ1n) is 9.98. The second-order valence-electron chi connectivity index (χ2n) is 7.69. The van der Waals surface area contributed by atoms with E-state index in [1.165, 1.54) is 4.90 Å². The van der Waals surface area contributed by atoms with E-state index in [-0.39, 0.29) is 35.5 Å². The molecule has 2 aliphatic carbocycles. The number of hydrogen-bond acceptors (Lipinski definition) is 5. The van der Waals surface area contributed by atoms with Crippen LogP contribution in [0.15, 0.2) is 17.1 Å². The van der Waals surface area contributed by atoms with Crippen LogP contribution in [0.2, 0.25) is 0 Å². The number of aryl methyl sites for hydroxylation is 2. The molecule has 2 fully saturated rings. The van der Waals surface area contributed by atoms with E-state index in [1.54, 1.807) is 11.3 Å². The van der Waals surface area contributed by atoms with Crippen LogP contribution in [0.3, 0.4) is 0 Å². The molecule has 1 saturated heterocycles. The molecule has 4 rings (SSSR count). The van der Waals surface area contributed by atoms with E-state index in [4.69, 9.17) is 0 Å². The number of hydrogen-bond donors (Lipinski definition) is 2. The number of amides is 2. The van der Waals surface area contributed by atoms with E-state index >= 15 is 0 Å². The summed E-state index contributed by atoms with van der Waals surface area (Å²) in [5.74, 6) is 0.972. The average molecular weight is 402 g/mol. The number of carbonyl (C=O) groups excluding carboxylic acids is 2. The van der Waals surface area contributed by atoms with Gasteiger partial charge in [-0.3, -0.25) is 14.5 Å². The zero-order valence-electron chi connectivity index (χ0n) is 16.6. The van der Waals surface area contributed by atoms with Gasteiger partial charge in [0.05, 0.1) is 29.1 Å². The molecule has 1 aromatic heterocycles. The summed E-state index contributed by atoms with van der Waals surface area (Å²) in [4.78, 5) is 37.1. The summed E-state index contributed by atoms with van der Waals surface area (Å²) in [5.41, 5.74) is 1.02. The Morgan fingerprint density at radius 2 is 1.89 bits per heavy atom. The van der Waals surface area contributed by atoms with Crippen LogP contribution in [-0.4, -0.2) is 47.3 Å². The Balaban J connectivity index is 1.34. The number of aromatic nitrogens is 1. The molecule has 1 aliphatic heterocycles. The van der Waals surface area contributed by atoms with Gasteiger partial charge in [0.2, 0.25) is 11.8 Å². The van der Waals surface area contributed by atoms with Crippen molar-refractivity contribution in [2.24, 2.45) is 28.7 Å². The van der Waals surface area contributed by atoms with Gasteiger partial charge >= 0.3 is 0 Å². The summed E-state index contributed by atoms with van der Waals surface area (Å²) in [7, 11) is 0. The molecule has 2 heterocycles. The third-order valence-corrected chi connectivity index (χ3v) is 6.97. The van der Waals surface area contributed by atoms with Crippen molar-refractivity contribution in [3.8, 4) is 0 Å². The number of imide groups is 1. The summed E-state index contributed by atoms with van der Waals surface area (Å²) in [6.45, 7) is 8.19. The van der Waals surface area contributed by atoms with Gasteiger partial charge in [0.15, 0.2) is 5.96 Å². The largest absolute Gasteiger partial charge is 0.357 e. The van der Waals surface area contributed by atoms with Crippen LogP contribution < -0.4 is 10.6 Å². The third-order valence-electron chi connectivity index (χ3n) is 5.91. The summed E-state index contributed by atoms with van der Waals surface area (Å²) in [6.07, 6.45) is 5.21. The fourth-order valence-electron chi connectivity index (χ4n) is 4.68. The Morgan fingerprint density at radius 1 is 1.21 bits per heavy atom. The third kappa shape index (κ3) is 3.34. The molecule has 2 N–H and O–H groups in total. The molecule has 2 bridgehead atoms. The Kier molecular flexibility index (Phi) is 5.23. The molecular formula is C20H27N5O2S. The number of likely N-dealkylation sites (tertiary alicyclic amines) is 1. The van der Waals surface area contributed by atoms with Crippen LogP contribution in [0.4, 0.5) is 0 Å². The Labute approximate surface area is 169 Å². The highest BCUT2D eigenvalue weighted by atomic mass is 32.1. The Morgan fingerprint density at radius 3 is 2.46 bits per heavy atom. The van der Waals surface area contributed by atoms with Crippen molar-refractivity contribution in [1.29, 1.82) is 0 Å². The van der Waals surface area contributed by atoms with Crippen molar-refractivity contribution in [1.82, 2.24) is 20.5 Å². The van der Waals surface area contributed by atoms with Crippen molar-refractivity contribution in [2.75, 3.05) is 19.6 Å². The number of nitrogens with zero attached hydrogens (tertiary/aromatic N) is 3. The summed E-state index contributed by atoms with van der Waals surface area (Å²) < 4.78 is 0. The Hall–Kier alpha value is -2.22. The van der Waals surface area contributed by atoms with Gasteiger partial charge in [-0.05, 0) is 39.0 Å². The van der Waals surface area contributed by atoms with Crippen LogP contribution in [-0.2, 0) is 16.1 Å². The summed E-state index contributed by atoms with van der Waals surface area (Å²) in [5, 5.41) is 7.51. The van der Waals surface area contributed by atoms with Crippen LogP contribution in [0.1, 0.15) is 28.9 Å². The fraction of sp³-hybridized carbons (Fsp3) is 0.600. The predicted molar refractivity (Wildman–Crippen MR) is 109 cm³/mol. The Bertz CT molecular complexity index is 816. The first-order chi connectivity index (χ1) is 13.5. The van der Waals surface area contributed by atoms with Crippen molar-refractivity contribution in [3.63, 3.8) is 0 Å². The number of thiazole rings is 1. The maximum Gasteiger partial charge on any atom is 0.233 e. The number of aliphatic imine (C=N–C) groups is 1.